The molecule has 1 saturated heterocycles. The van der Waals surface area contributed by atoms with Crippen molar-refractivity contribution in [2.45, 2.75) is 44.6 Å². The van der Waals surface area contributed by atoms with E-state index >= 15 is 0 Å². The SMILES string of the molecule is CO[C@@H]1[C@@H](C(=O)NC(C)(C)C)N(C)C[C@H]1OC. The lowest BCUT2D eigenvalue weighted by molar-refractivity contribution is -0.131. The molecule has 1 N–H and O–H groups in total. The van der Waals surface area contributed by atoms with Crippen LogP contribution in [0.5, 0.6) is 0 Å². The Morgan fingerprint density at radius 2 is 1.88 bits per heavy atom. The molecule has 3 atom stereocenters. The van der Waals surface area contributed by atoms with Gasteiger partial charge in [-0.05, 0) is 27.8 Å². The quantitative estimate of drug-likeness (QED) is 0.773. The van der Waals surface area contributed by atoms with Crippen molar-refractivity contribution in [3.05, 3.63) is 0 Å². The van der Waals surface area contributed by atoms with Gasteiger partial charge in [-0.25, -0.2) is 0 Å². The normalized spacial score (nSPS) is 30.6. The fourth-order valence-corrected chi connectivity index (χ4v) is 2.24. The second-order valence-corrected chi connectivity index (χ2v) is 5.60. The first-order valence-corrected chi connectivity index (χ1v) is 5.88. The van der Waals surface area contributed by atoms with Crippen LogP contribution in [-0.2, 0) is 14.3 Å². The van der Waals surface area contributed by atoms with Gasteiger partial charge in [-0.1, -0.05) is 0 Å². The van der Waals surface area contributed by atoms with Crippen LogP contribution in [0.4, 0.5) is 0 Å². The Bertz CT molecular complexity index is 275. The summed E-state index contributed by atoms with van der Waals surface area (Å²) in [4.78, 5) is 14.2. The second-order valence-electron chi connectivity index (χ2n) is 5.60. The molecule has 1 heterocycles. The van der Waals surface area contributed by atoms with E-state index in [1.807, 2.05) is 32.7 Å². The molecule has 0 aromatic carbocycles. The van der Waals surface area contributed by atoms with Gasteiger partial charge in [-0.15, -0.1) is 0 Å². The Balaban J connectivity index is 2.77. The Morgan fingerprint density at radius 1 is 1.29 bits per heavy atom. The van der Waals surface area contributed by atoms with E-state index in [0.717, 1.165) is 0 Å². The van der Waals surface area contributed by atoms with Crippen LogP contribution in [-0.4, -0.2) is 62.4 Å². The van der Waals surface area contributed by atoms with Crippen molar-refractivity contribution in [1.82, 2.24) is 10.2 Å². The lowest BCUT2D eigenvalue weighted by Crippen LogP contribution is -2.53. The second kappa shape index (κ2) is 5.33. The highest BCUT2D eigenvalue weighted by Gasteiger charge is 2.45. The number of likely N-dealkylation sites (tertiary alicyclic amines) is 1. The van der Waals surface area contributed by atoms with Crippen molar-refractivity contribution in [2.75, 3.05) is 27.8 Å². The van der Waals surface area contributed by atoms with Gasteiger partial charge in [0.25, 0.3) is 0 Å². The van der Waals surface area contributed by atoms with Crippen molar-refractivity contribution in [3.63, 3.8) is 0 Å². The van der Waals surface area contributed by atoms with Crippen molar-refractivity contribution in [1.29, 1.82) is 0 Å². The van der Waals surface area contributed by atoms with Crippen LogP contribution >= 0.6 is 0 Å². The Hall–Kier alpha value is -0.650. The number of nitrogens with one attached hydrogen (secondary N) is 1. The fourth-order valence-electron chi connectivity index (χ4n) is 2.24. The highest BCUT2D eigenvalue weighted by Crippen LogP contribution is 2.22. The molecule has 1 fully saturated rings. The largest absolute Gasteiger partial charge is 0.377 e. The van der Waals surface area contributed by atoms with Gasteiger partial charge in [-0.3, -0.25) is 9.69 Å². The van der Waals surface area contributed by atoms with Crippen LogP contribution in [0.25, 0.3) is 0 Å². The molecule has 0 spiro atoms. The number of hydrogen-bond donors (Lipinski definition) is 1. The van der Waals surface area contributed by atoms with Gasteiger partial charge in [0.05, 0.1) is 6.10 Å². The molecule has 1 rings (SSSR count). The third-order valence-electron chi connectivity index (χ3n) is 2.96. The average Bonchev–Trinajstić information content (AvgIpc) is 2.51. The predicted octanol–water partition coefficient (Wildman–Crippen LogP) is 0.245. The maximum Gasteiger partial charge on any atom is 0.240 e. The van der Waals surface area contributed by atoms with Crippen LogP contribution in [0.15, 0.2) is 0 Å². The average molecular weight is 244 g/mol. The standard InChI is InChI=1S/C12H24N2O3/c1-12(2,3)13-11(15)9-10(17-6)8(16-5)7-14(9)4/h8-10H,7H2,1-6H3,(H,13,15)/t8-,9+,10+/m1/s1. The van der Waals surface area contributed by atoms with Gasteiger partial charge < -0.3 is 14.8 Å². The molecule has 0 unspecified atom stereocenters. The lowest BCUT2D eigenvalue weighted by atomic mass is 10.1. The van der Waals surface area contributed by atoms with Crippen LogP contribution in [0.2, 0.25) is 0 Å². The highest BCUT2D eigenvalue weighted by atomic mass is 16.5. The molecule has 0 aliphatic carbocycles. The minimum Gasteiger partial charge on any atom is -0.377 e. The Morgan fingerprint density at radius 3 is 2.29 bits per heavy atom. The number of rotatable bonds is 3. The molecule has 0 saturated carbocycles. The van der Waals surface area contributed by atoms with Crippen molar-refractivity contribution >= 4 is 5.91 Å². The van der Waals surface area contributed by atoms with E-state index in [1.165, 1.54) is 0 Å². The molecule has 1 amide bonds. The summed E-state index contributed by atoms with van der Waals surface area (Å²) in [6, 6.07) is -0.288. The van der Waals surface area contributed by atoms with Crippen molar-refractivity contribution < 1.29 is 14.3 Å². The van der Waals surface area contributed by atoms with Crippen LogP contribution in [0.3, 0.4) is 0 Å². The topological polar surface area (TPSA) is 50.8 Å². The van der Waals surface area contributed by atoms with Gasteiger partial charge in [0.1, 0.15) is 12.1 Å². The van der Waals surface area contributed by atoms with Crippen molar-refractivity contribution in [2.24, 2.45) is 0 Å². The number of amides is 1. The molecule has 1 aliphatic rings. The molecule has 17 heavy (non-hydrogen) atoms. The molecule has 1 aliphatic heterocycles. The third-order valence-corrected chi connectivity index (χ3v) is 2.96. The molecule has 5 heteroatoms. The first-order valence-electron chi connectivity index (χ1n) is 5.88. The summed E-state index contributed by atoms with van der Waals surface area (Å²) in [5.41, 5.74) is -0.235. The summed E-state index contributed by atoms with van der Waals surface area (Å²) >= 11 is 0. The summed E-state index contributed by atoms with van der Waals surface area (Å²) in [6.07, 6.45) is -0.270. The number of nitrogens with zero attached hydrogens (tertiary/aromatic N) is 1. The van der Waals surface area contributed by atoms with Gasteiger partial charge in [-0.2, -0.15) is 0 Å². The summed E-state index contributed by atoms with van der Waals surface area (Å²) in [5.74, 6) is -0.00796. The molecule has 100 valence electrons. The smallest absolute Gasteiger partial charge is 0.240 e. The number of methoxy groups -OCH3 is 2. The van der Waals surface area contributed by atoms with Gasteiger partial charge in [0.2, 0.25) is 5.91 Å². The Labute approximate surface area is 103 Å². The predicted molar refractivity (Wildman–Crippen MR) is 65.9 cm³/mol. The number of carbonyl (C=O) groups excluding carboxylic acids is 1. The fraction of sp³-hybridized carbons (Fsp3) is 0.917. The first-order chi connectivity index (χ1) is 7.80. The molecule has 0 aromatic rings. The highest BCUT2D eigenvalue weighted by molar-refractivity contribution is 5.83. The van der Waals surface area contributed by atoms with E-state index in [-0.39, 0.29) is 29.7 Å². The van der Waals surface area contributed by atoms with E-state index in [0.29, 0.717) is 6.54 Å². The molecule has 5 nitrogen and oxygen atoms in total. The van der Waals surface area contributed by atoms with Gasteiger partial charge in [0, 0.05) is 26.3 Å². The van der Waals surface area contributed by atoms with Crippen LogP contribution < -0.4 is 5.32 Å². The molecular formula is C12H24N2O3. The van der Waals surface area contributed by atoms with Gasteiger partial charge >= 0.3 is 0 Å². The van der Waals surface area contributed by atoms with Gasteiger partial charge in [0.15, 0.2) is 0 Å². The van der Waals surface area contributed by atoms with Crippen molar-refractivity contribution in [3.8, 4) is 0 Å². The maximum absolute atomic E-state index is 12.2. The number of likely N-dealkylation sites (N-methyl/N-ethyl adjacent to an activating group) is 1. The minimum atomic E-state index is -0.288. The zero-order valence-electron chi connectivity index (χ0n) is 11.6. The summed E-state index contributed by atoms with van der Waals surface area (Å²) in [6.45, 7) is 6.61. The summed E-state index contributed by atoms with van der Waals surface area (Å²) in [7, 11) is 5.18. The monoisotopic (exact) mass is 244 g/mol. The van der Waals surface area contributed by atoms with E-state index in [1.54, 1.807) is 14.2 Å². The van der Waals surface area contributed by atoms with E-state index in [9.17, 15) is 4.79 Å². The minimum absolute atomic E-state index is 0.00796. The Kier molecular flexibility index (Phi) is 4.52. The zero-order valence-corrected chi connectivity index (χ0v) is 11.6. The molecule has 0 aromatic heterocycles. The van der Waals surface area contributed by atoms with E-state index in [4.69, 9.17) is 9.47 Å². The molecular weight excluding hydrogens is 220 g/mol. The van der Waals surface area contributed by atoms with Crippen LogP contribution in [0.1, 0.15) is 20.8 Å². The molecule has 0 bridgehead atoms. The number of carbonyl (C=O) groups is 1. The lowest BCUT2D eigenvalue weighted by Gasteiger charge is -2.28. The van der Waals surface area contributed by atoms with E-state index in [2.05, 4.69) is 5.32 Å². The number of ether oxygens (including phenoxy) is 2. The first kappa shape index (κ1) is 14.4. The zero-order chi connectivity index (χ0) is 13.2. The third kappa shape index (κ3) is 3.40. The summed E-state index contributed by atoms with van der Waals surface area (Å²) in [5, 5.41) is 2.98. The van der Waals surface area contributed by atoms with E-state index < -0.39 is 0 Å². The number of hydrogen-bond acceptors (Lipinski definition) is 4. The molecule has 0 radical (unpaired) electrons. The maximum atomic E-state index is 12.2. The van der Waals surface area contributed by atoms with Crippen LogP contribution in [0, 0.1) is 0 Å². The summed E-state index contributed by atoms with van der Waals surface area (Å²) < 4.78 is 10.8.